The van der Waals surface area contributed by atoms with Gasteiger partial charge in [-0.15, -0.1) is 0 Å². The zero-order valence-corrected chi connectivity index (χ0v) is 29.8. The predicted octanol–water partition coefficient (Wildman–Crippen LogP) is 1.19. The van der Waals surface area contributed by atoms with Gasteiger partial charge < -0.3 is 52.5 Å². The Labute approximate surface area is 308 Å². The molecule has 0 radical (unpaired) electrons. The van der Waals surface area contributed by atoms with Gasteiger partial charge in [-0.1, -0.05) is 36.4 Å². The van der Waals surface area contributed by atoms with Crippen LogP contribution in [0, 0.1) is 0 Å². The molecule has 54 heavy (non-hydrogen) atoms. The second-order valence-electron chi connectivity index (χ2n) is 12.0. The molecule has 10 atom stereocenters. The monoisotopic (exact) mass is 760 g/mol. The molecule has 0 spiro atoms. The van der Waals surface area contributed by atoms with E-state index in [0.29, 0.717) is 0 Å². The molecule has 1 unspecified atom stereocenters. The molecule has 0 saturated carbocycles. The molecule has 0 aromatic heterocycles. The number of carbonyl (C=O) groups excluding carboxylic acids is 7. The van der Waals surface area contributed by atoms with E-state index in [0.717, 1.165) is 34.6 Å². The van der Waals surface area contributed by atoms with Crippen LogP contribution in [-0.2, 0) is 71.3 Å². The predicted molar refractivity (Wildman–Crippen MR) is 176 cm³/mol. The van der Waals surface area contributed by atoms with Gasteiger partial charge in [0, 0.05) is 34.6 Å². The molecule has 2 saturated heterocycles. The van der Waals surface area contributed by atoms with Crippen LogP contribution in [0.25, 0.3) is 0 Å². The number of rotatable bonds is 13. The zero-order chi connectivity index (χ0) is 39.5. The van der Waals surface area contributed by atoms with Crippen LogP contribution in [0.1, 0.15) is 55.3 Å². The van der Waals surface area contributed by atoms with Crippen molar-refractivity contribution >= 4 is 41.8 Å². The molecule has 4 rings (SSSR count). The Morgan fingerprint density at radius 2 is 0.944 bits per heavy atom. The van der Waals surface area contributed by atoms with Crippen molar-refractivity contribution in [1.29, 1.82) is 0 Å². The summed E-state index contributed by atoms with van der Waals surface area (Å²) in [5, 5.41) is 11.3. The first-order valence-electron chi connectivity index (χ1n) is 16.6. The molecule has 0 bridgehead atoms. The van der Waals surface area contributed by atoms with Gasteiger partial charge in [0.15, 0.2) is 43.1 Å². The minimum atomic E-state index is -2.04. The minimum Gasteiger partial charge on any atom is -0.463 e. The number of carbonyl (C=O) groups is 7. The van der Waals surface area contributed by atoms with Crippen LogP contribution >= 0.6 is 0 Å². The molecule has 2 aromatic carbocycles. The number of aliphatic hydroxyl groups excluding tert-OH is 1. The Morgan fingerprint density at radius 1 is 0.500 bits per heavy atom. The highest BCUT2D eigenvalue weighted by molar-refractivity contribution is 5.90. The van der Waals surface area contributed by atoms with E-state index in [9.17, 15) is 38.7 Å². The smallest absolute Gasteiger partial charge is 0.338 e. The van der Waals surface area contributed by atoms with Gasteiger partial charge in [-0.05, 0) is 24.3 Å². The molecule has 2 aromatic rings. The Bertz CT molecular complexity index is 1650. The minimum absolute atomic E-state index is 0.0405. The molecule has 2 aliphatic heterocycles. The van der Waals surface area contributed by atoms with Crippen molar-refractivity contribution in [2.24, 2.45) is 0 Å². The Balaban J connectivity index is 1.79. The zero-order valence-electron chi connectivity index (χ0n) is 29.8. The molecule has 0 amide bonds. The van der Waals surface area contributed by atoms with Crippen LogP contribution in [0.3, 0.4) is 0 Å². The van der Waals surface area contributed by atoms with Crippen LogP contribution < -0.4 is 0 Å². The molecule has 2 aliphatic rings. The maximum absolute atomic E-state index is 13.3. The largest absolute Gasteiger partial charge is 0.463 e. The van der Waals surface area contributed by atoms with Crippen molar-refractivity contribution in [1.82, 2.24) is 0 Å². The summed E-state index contributed by atoms with van der Waals surface area (Å²) < 4.78 is 56.2. The molecule has 292 valence electrons. The second kappa shape index (κ2) is 19.1. The van der Waals surface area contributed by atoms with Gasteiger partial charge in [0.05, 0.1) is 11.1 Å². The third-order valence-electron chi connectivity index (χ3n) is 7.79. The van der Waals surface area contributed by atoms with E-state index in [1.807, 2.05) is 0 Å². The van der Waals surface area contributed by atoms with E-state index in [1.54, 1.807) is 36.4 Å². The first-order chi connectivity index (χ1) is 25.6. The first-order valence-corrected chi connectivity index (χ1v) is 16.6. The van der Waals surface area contributed by atoms with Crippen molar-refractivity contribution in [3.63, 3.8) is 0 Å². The number of benzene rings is 2. The highest BCUT2D eigenvalue weighted by Gasteiger charge is 2.57. The summed E-state index contributed by atoms with van der Waals surface area (Å²) >= 11 is 0. The van der Waals surface area contributed by atoms with Crippen LogP contribution in [0.15, 0.2) is 60.7 Å². The van der Waals surface area contributed by atoms with E-state index in [1.165, 1.54) is 24.3 Å². The topological polar surface area (TPSA) is 232 Å². The van der Waals surface area contributed by atoms with Crippen LogP contribution in [-0.4, -0.2) is 122 Å². The van der Waals surface area contributed by atoms with Gasteiger partial charge in [0.25, 0.3) is 0 Å². The van der Waals surface area contributed by atoms with E-state index in [2.05, 4.69) is 0 Å². The number of esters is 7. The van der Waals surface area contributed by atoms with E-state index >= 15 is 0 Å². The molecular formula is C36H40O18. The van der Waals surface area contributed by atoms with Crippen molar-refractivity contribution in [2.75, 3.05) is 13.2 Å². The fourth-order valence-corrected chi connectivity index (χ4v) is 5.68. The van der Waals surface area contributed by atoms with Gasteiger partial charge in [-0.2, -0.15) is 0 Å². The number of hydrogen-bond acceptors (Lipinski definition) is 18. The fraction of sp³-hybridized carbons (Fsp3) is 0.472. The molecule has 0 aliphatic carbocycles. The lowest BCUT2D eigenvalue weighted by Gasteiger charge is -2.48. The Morgan fingerprint density at radius 3 is 1.46 bits per heavy atom. The van der Waals surface area contributed by atoms with Gasteiger partial charge in [0.2, 0.25) is 0 Å². The quantitative estimate of drug-likeness (QED) is 0.223. The average Bonchev–Trinajstić information content (AvgIpc) is 3.11. The molecule has 2 fully saturated rings. The van der Waals surface area contributed by atoms with Crippen LogP contribution in [0.5, 0.6) is 0 Å². The average molecular weight is 761 g/mol. The summed E-state index contributed by atoms with van der Waals surface area (Å²) in [5.41, 5.74) is 0.205. The summed E-state index contributed by atoms with van der Waals surface area (Å²) in [4.78, 5) is 87.6. The standard InChI is InChI=1S/C36H40O18/c1-18(37)45-16-26-28(48-20(3)39)30(49-21(4)40)32(50-22(5)41)36(52-26)54-29-27(47-19(2)38)25(17-46-33(42)23-12-8-6-9-13-23)51-35(44)31(29)53-34(43)24-14-10-7-11-15-24/h6-15,25-32,35-36,44H,16-17H2,1-5H3/t25-,26-,27+,28+,29+,30+,31-,32-,35?,36-/m1/s1. The number of aliphatic hydroxyl groups is 1. The van der Waals surface area contributed by atoms with Crippen molar-refractivity contribution < 1.29 is 86.0 Å². The first kappa shape index (κ1) is 41.3. The lowest BCUT2D eigenvalue weighted by atomic mass is 9.96. The summed E-state index contributed by atoms with van der Waals surface area (Å²) in [5.74, 6) is -6.21. The summed E-state index contributed by atoms with van der Waals surface area (Å²) in [7, 11) is 0. The maximum Gasteiger partial charge on any atom is 0.338 e. The molecule has 18 heteroatoms. The lowest BCUT2D eigenvalue weighted by Crippen LogP contribution is -2.67. The van der Waals surface area contributed by atoms with Gasteiger partial charge in [0.1, 0.15) is 31.5 Å². The van der Waals surface area contributed by atoms with E-state index in [4.69, 9.17) is 47.4 Å². The number of hydrogen-bond donors (Lipinski definition) is 1. The number of ether oxygens (including phenoxy) is 10. The third-order valence-corrected chi connectivity index (χ3v) is 7.79. The van der Waals surface area contributed by atoms with Crippen LogP contribution in [0.4, 0.5) is 0 Å². The van der Waals surface area contributed by atoms with Crippen LogP contribution in [0.2, 0.25) is 0 Å². The Hall–Kier alpha value is -5.43. The Kier molecular flexibility index (Phi) is 14.6. The van der Waals surface area contributed by atoms with Crippen molar-refractivity contribution in [3.8, 4) is 0 Å². The highest BCUT2D eigenvalue weighted by Crippen LogP contribution is 2.35. The summed E-state index contributed by atoms with van der Waals surface area (Å²) in [6.07, 6.45) is -17.1. The summed E-state index contributed by atoms with van der Waals surface area (Å²) in [6.45, 7) is 3.96. The van der Waals surface area contributed by atoms with Gasteiger partial charge in [-0.25, -0.2) is 9.59 Å². The van der Waals surface area contributed by atoms with Crippen molar-refractivity contribution in [3.05, 3.63) is 71.8 Å². The van der Waals surface area contributed by atoms with Gasteiger partial charge in [-0.3, -0.25) is 24.0 Å². The molecule has 1 N–H and O–H groups in total. The molecule has 18 nitrogen and oxygen atoms in total. The van der Waals surface area contributed by atoms with E-state index in [-0.39, 0.29) is 11.1 Å². The SMILES string of the molecule is CC(=O)OC[C@H]1O[C@H](O[C@H]2[C@@H](OC(C)=O)[C@@H](COC(=O)c3ccccc3)OC(O)[C@@H]2OC(=O)c2ccccc2)[C@H](OC(C)=O)[C@@H](OC(C)=O)[C@H]1OC(C)=O. The molecular weight excluding hydrogens is 720 g/mol. The summed E-state index contributed by atoms with van der Waals surface area (Å²) in [6, 6.07) is 15.4. The maximum atomic E-state index is 13.3. The third kappa shape index (κ3) is 11.3. The second-order valence-corrected chi connectivity index (χ2v) is 12.0. The highest BCUT2D eigenvalue weighted by atomic mass is 16.8. The van der Waals surface area contributed by atoms with E-state index < -0.39 is 116 Å². The molecule has 2 heterocycles. The fourth-order valence-electron chi connectivity index (χ4n) is 5.68. The van der Waals surface area contributed by atoms with Crippen molar-refractivity contribution in [2.45, 2.75) is 96.0 Å². The lowest BCUT2D eigenvalue weighted by molar-refractivity contribution is -0.356. The van der Waals surface area contributed by atoms with Gasteiger partial charge >= 0.3 is 41.8 Å². The normalized spacial score (nSPS) is 27.7.